The highest BCUT2D eigenvalue weighted by Gasteiger charge is 2.24. The number of esters is 1. The van der Waals surface area contributed by atoms with Crippen LogP contribution in [0.5, 0.6) is 11.5 Å². The number of hydrogen-bond acceptors (Lipinski definition) is 6. The lowest BCUT2D eigenvalue weighted by molar-refractivity contribution is -0.158. The Bertz CT molecular complexity index is 1420. The van der Waals surface area contributed by atoms with Crippen LogP contribution in [0.4, 0.5) is 0 Å². The van der Waals surface area contributed by atoms with Gasteiger partial charge in [-0.1, -0.05) is 30.7 Å². The standard InChI is InChI=1S/C26H26ClN3O5/c1-5-24(31)35-26(2,3)15-34-22-11-10-20(13-23(22)33-4)29-16-28-30-14-18(12-21(30)25(29)32)17-6-8-19(27)9-7-17/h6-14,16H,5,15H2,1-4H3. The van der Waals surface area contributed by atoms with Crippen molar-refractivity contribution in [1.29, 1.82) is 0 Å². The third-order valence-corrected chi connectivity index (χ3v) is 5.64. The normalized spacial score (nSPS) is 11.5. The number of halogens is 1. The number of ether oxygens (including phenoxy) is 3. The topological polar surface area (TPSA) is 84.1 Å². The summed E-state index contributed by atoms with van der Waals surface area (Å²) >= 11 is 5.99. The monoisotopic (exact) mass is 495 g/mol. The van der Waals surface area contributed by atoms with E-state index in [9.17, 15) is 9.59 Å². The summed E-state index contributed by atoms with van der Waals surface area (Å²) in [5, 5.41) is 5.04. The Morgan fingerprint density at radius 2 is 1.80 bits per heavy atom. The van der Waals surface area contributed by atoms with Gasteiger partial charge in [-0.3, -0.25) is 14.2 Å². The van der Waals surface area contributed by atoms with E-state index in [0.29, 0.717) is 27.7 Å². The Morgan fingerprint density at radius 1 is 1.06 bits per heavy atom. The Morgan fingerprint density at radius 3 is 2.49 bits per heavy atom. The molecule has 4 aromatic rings. The molecule has 0 aliphatic heterocycles. The molecule has 0 atom stereocenters. The van der Waals surface area contributed by atoms with E-state index in [1.165, 1.54) is 18.0 Å². The van der Waals surface area contributed by atoms with Gasteiger partial charge in [-0.05, 0) is 49.7 Å². The Kier molecular flexibility index (Phi) is 6.84. The van der Waals surface area contributed by atoms with Crippen molar-refractivity contribution in [3.8, 4) is 28.3 Å². The fourth-order valence-electron chi connectivity index (χ4n) is 3.56. The van der Waals surface area contributed by atoms with E-state index in [-0.39, 0.29) is 24.6 Å². The summed E-state index contributed by atoms with van der Waals surface area (Å²) in [5.74, 6) is 0.601. The SMILES string of the molecule is CCC(=O)OC(C)(C)COc1ccc(-n2cnn3cc(-c4ccc(Cl)cc4)cc3c2=O)cc1OC. The average Bonchev–Trinajstić information content (AvgIpc) is 3.28. The van der Waals surface area contributed by atoms with E-state index >= 15 is 0 Å². The van der Waals surface area contributed by atoms with Gasteiger partial charge in [-0.2, -0.15) is 5.10 Å². The summed E-state index contributed by atoms with van der Waals surface area (Å²) in [7, 11) is 1.52. The number of rotatable bonds is 8. The van der Waals surface area contributed by atoms with Crippen LogP contribution in [0.2, 0.25) is 5.02 Å². The first-order valence-electron chi connectivity index (χ1n) is 11.1. The van der Waals surface area contributed by atoms with Gasteiger partial charge in [0.25, 0.3) is 5.56 Å². The Hall–Kier alpha value is -3.78. The molecule has 0 saturated carbocycles. The molecule has 8 nitrogen and oxygen atoms in total. The second-order valence-electron chi connectivity index (χ2n) is 8.58. The molecular formula is C26H26ClN3O5. The fourth-order valence-corrected chi connectivity index (χ4v) is 3.69. The number of carbonyl (C=O) groups excluding carboxylic acids is 1. The van der Waals surface area contributed by atoms with Crippen molar-refractivity contribution in [3.63, 3.8) is 0 Å². The molecule has 35 heavy (non-hydrogen) atoms. The number of nitrogens with zero attached hydrogens (tertiary/aromatic N) is 3. The second-order valence-corrected chi connectivity index (χ2v) is 9.02. The van der Waals surface area contributed by atoms with Crippen molar-refractivity contribution in [2.45, 2.75) is 32.8 Å². The molecular weight excluding hydrogens is 470 g/mol. The van der Waals surface area contributed by atoms with E-state index in [1.54, 1.807) is 67.9 Å². The van der Waals surface area contributed by atoms with E-state index in [0.717, 1.165) is 11.1 Å². The molecule has 0 N–H and O–H groups in total. The molecule has 0 spiro atoms. The van der Waals surface area contributed by atoms with Gasteiger partial charge < -0.3 is 14.2 Å². The highest BCUT2D eigenvalue weighted by Crippen LogP contribution is 2.30. The lowest BCUT2D eigenvalue weighted by Gasteiger charge is -2.25. The van der Waals surface area contributed by atoms with Crippen LogP contribution in [0.1, 0.15) is 27.2 Å². The van der Waals surface area contributed by atoms with Crippen LogP contribution >= 0.6 is 11.6 Å². The third kappa shape index (κ3) is 5.33. The maximum Gasteiger partial charge on any atom is 0.306 e. The summed E-state index contributed by atoms with van der Waals surface area (Å²) in [6.07, 6.45) is 3.55. The molecule has 0 unspecified atom stereocenters. The van der Waals surface area contributed by atoms with E-state index in [4.69, 9.17) is 25.8 Å². The van der Waals surface area contributed by atoms with Crippen molar-refractivity contribution < 1.29 is 19.0 Å². The molecule has 0 saturated heterocycles. The zero-order valence-corrected chi connectivity index (χ0v) is 20.7. The summed E-state index contributed by atoms with van der Waals surface area (Å²) < 4.78 is 19.8. The maximum absolute atomic E-state index is 13.3. The predicted molar refractivity (Wildman–Crippen MR) is 134 cm³/mol. The first-order chi connectivity index (χ1) is 16.7. The lowest BCUT2D eigenvalue weighted by atomic mass is 10.1. The number of aromatic nitrogens is 3. The molecule has 2 heterocycles. The van der Waals surface area contributed by atoms with Crippen LogP contribution in [-0.4, -0.2) is 39.5 Å². The number of methoxy groups -OCH3 is 1. The minimum Gasteiger partial charge on any atom is -0.493 e. The zero-order chi connectivity index (χ0) is 25.2. The van der Waals surface area contributed by atoms with Crippen molar-refractivity contribution in [3.05, 3.63) is 76.4 Å². The number of carbonyl (C=O) groups is 1. The number of hydrogen-bond donors (Lipinski definition) is 0. The smallest absolute Gasteiger partial charge is 0.306 e. The van der Waals surface area contributed by atoms with Crippen molar-refractivity contribution >= 4 is 23.1 Å². The zero-order valence-electron chi connectivity index (χ0n) is 19.9. The van der Waals surface area contributed by atoms with Gasteiger partial charge in [0.15, 0.2) is 11.5 Å². The van der Waals surface area contributed by atoms with E-state index < -0.39 is 5.60 Å². The van der Waals surface area contributed by atoms with Crippen LogP contribution in [-0.2, 0) is 9.53 Å². The first kappa shape index (κ1) is 24.3. The minimum absolute atomic E-state index is 0.138. The lowest BCUT2D eigenvalue weighted by Crippen LogP contribution is -2.34. The van der Waals surface area contributed by atoms with Crippen LogP contribution in [0.25, 0.3) is 22.3 Å². The van der Waals surface area contributed by atoms with Crippen molar-refractivity contribution in [2.24, 2.45) is 0 Å². The molecule has 0 bridgehead atoms. The molecule has 0 radical (unpaired) electrons. The average molecular weight is 496 g/mol. The van der Waals surface area contributed by atoms with Gasteiger partial charge in [0, 0.05) is 29.3 Å². The molecule has 0 fully saturated rings. The fraction of sp³-hybridized carbons (Fsp3) is 0.269. The van der Waals surface area contributed by atoms with Gasteiger partial charge in [-0.15, -0.1) is 0 Å². The molecule has 2 aromatic heterocycles. The molecule has 4 rings (SSSR count). The Labute approximate surface area is 207 Å². The highest BCUT2D eigenvalue weighted by molar-refractivity contribution is 6.30. The summed E-state index contributed by atoms with van der Waals surface area (Å²) in [4.78, 5) is 24.9. The van der Waals surface area contributed by atoms with Crippen molar-refractivity contribution in [1.82, 2.24) is 14.2 Å². The third-order valence-electron chi connectivity index (χ3n) is 5.39. The molecule has 0 aliphatic carbocycles. The molecule has 9 heteroatoms. The predicted octanol–water partition coefficient (Wildman–Crippen LogP) is 4.92. The molecule has 2 aromatic carbocycles. The van der Waals surface area contributed by atoms with Crippen molar-refractivity contribution in [2.75, 3.05) is 13.7 Å². The van der Waals surface area contributed by atoms with Crippen LogP contribution in [0.3, 0.4) is 0 Å². The van der Waals surface area contributed by atoms with Gasteiger partial charge in [-0.25, -0.2) is 4.52 Å². The van der Waals surface area contributed by atoms with Gasteiger partial charge in [0.1, 0.15) is 24.1 Å². The maximum atomic E-state index is 13.3. The minimum atomic E-state index is -0.806. The quantitative estimate of drug-likeness (QED) is 0.322. The number of fused-ring (bicyclic) bond motifs is 1. The van der Waals surface area contributed by atoms with E-state index in [2.05, 4.69) is 5.10 Å². The summed E-state index contributed by atoms with van der Waals surface area (Å²) in [6, 6.07) is 14.3. The van der Waals surface area contributed by atoms with E-state index in [1.807, 2.05) is 12.1 Å². The largest absolute Gasteiger partial charge is 0.493 e. The van der Waals surface area contributed by atoms with Gasteiger partial charge >= 0.3 is 5.97 Å². The summed E-state index contributed by atoms with van der Waals surface area (Å²) in [6.45, 7) is 5.43. The van der Waals surface area contributed by atoms with Crippen LogP contribution in [0, 0.1) is 0 Å². The highest BCUT2D eigenvalue weighted by atomic mass is 35.5. The Balaban J connectivity index is 1.62. The number of benzene rings is 2. The molecule has 0 amide bonds. The first-order valence-corrected chi connectivity index (χ1v) is 11.5. The van der Waals surface area contributed by atoms with Crippen LogP contribution < -0.4 is 15.0 Å². The molecule has 182 valence electrons. The summed E-state index contributed by atoms with van der Waals surface area (Å²) in [5.41, 5.74) is 1.75. The van der Waals surface area contributed by atoms with Crippen LogP contribution in [0.15, 0.2) is 65.8 Å². The molecule has 0 aliphatic rings. The van der Waals surface area contributed by atoms with Gasteiger partial charge in [0.05, 0.1) is 12.8 Å². The second kappa shape index (κ2) is 9.84. The van der Waals surface area contributed by atoms with Gasteiger partial charge in [0.2, 0.25) is 0 Å².